The van der Waals surface area contributed by atoms with Gasteiger partial charge in [0.15, 0.2) is 5.13 Å². The highest BCUT2D eigenvalue weighted by atomic mass is 32.1. The predicted molar refractivity (Wildman–Crippen MR) is 112 cm³/mol. The molecule has 0 atom stereocenters. The number of benzene rings is 2. The molecule has 2 aromatic carbocycles. The third-order valence-corrected chi connectivity index (χ3v) is 5.37. The number of nitrogens with zero attached hydrogens (tertiary/aromatic N) is 2. The number of hydrogen-bond donors (Lipinski definition) is 1. The molecule has 0 unspecified atom stereocenters. The van der Waals surface area contributed by atoms with Crippen LogP contribution in [0.1, 0.15) is 10.4 Å². The minimum Gasteiger partial charge on any atom is -0.434 e. The number of para-hydroxylation sites is 1. The Bertz CT molecular complexity index is 1000. The molecule has 0 spiro atoms. The summed E-state index contributed by atoms with van der Waals surface area (Å²) in [5, 5.41) is 4.81. The van der Waals surface area contributed by atoms with Crippen LogP contribution in [0.15, 0.2) is 53.9 Å². The first-order valence-corrected chi connectivity index (χ1v) is 10.2. The Hall–Kier alpha value is -3.04. The van der Waals surface area contributed by atoms with Crippen molar-refractivity contribution < 1.29 is 23.0 Å². The molecule has 2 heterocycles. The molecule has 3 aromatic rings. The molecular formula is C21H19F2N3O3S. The molecule has 0 aliphatic carbocycles. The van der Waals surface area contributed by atoms with Gasteiger partial charge in [0, 0.05) is 35.3 Å². The summed E-state index contributed by atoms with van der Waals surface area (Å²) in [5.74, 6) is -0.254. The van der Waals surface area contributed by atoms with Gasteiger partial charge >= 0.3 is 6.61 Å². The van der Waals surface area contributed by atoms with Crippen LogP contribution in [0.2, 0.25) is 0 Å². The van der Waals surface area contributed by atoms with Gasteiger partial charge in [-0.3, -0.25) is 10.1 Å². The number of rotatable bonds is 6. The summed E-state index contributed by atoms with van der Waals surface area (Å²) in [6, 6.07) is 13.8. The first kappa shape index (κ1) is 20.2. The minimum absolute atomic E-state index is 0.0365. The van der Waals surface area contributed by atoms with Gasteiger partial charge < -0.3 is 14.4 Å². The second-order valence-corrected chi connectivity index (χ2v) is 7.37. The van der Waals surface area contributed by atoms with Crippen molar-refractivity contribution in [1.29, 1.82) is 0 Å². The first-order chi connectivity index (χ1) is 14.6. The molecule has 1 aliphatic heterocycles. The van der Waals surface area contributed by atoms with E-state index in [4.69, 9.17) is 4.74 Å². The lowest BCUT2D eigenvalue weighted by Gasteiger charge is -2.28. The Labute approximate surface area is 176 Å². The van der Waals surface area contributed by atoms with Crippen LogP contribution < -0.4 is 15.0 Å². The third kappa shape index (κ3) is 4.74. The lowest BCUT2D eigenvalue weighted by atomic mass is 10.1. The van der Waals surface area contributed by atoms with Crippen LogP contribution in [0.3, 0.4) is 0 Å². The molecule has 0 radical (unpaired) electrons. The zero-order valence-electron chi connectivity index (χ0n) is 15.9. The maximum absolute atomic E-state index is 12.6. The van der Waals surface area contributed by atoms with Crippen LogP contribution in [0.5, 0.6) is 5.75 Å². The molecule has 1 aromatic heterocycles. The Kier molecular flexibility index (Phi) is 6.20. The molecule has 6 nitrogen and oxygen atoms in total. The molecule has 156 valence electrons. The predicted octanol–water partition coefficient (Wildman–Crippen LogP) is 4.50. The largest absolute Gasteiger partial charge is 0.434 e. The molecule has 1 fully saturated rings. The molecule has 1 aliphatic rings. The summed E-state index contributed by atoms with van der Waals surface area (Å²) in [5.41, 5.74) is 2.44. The summed E-state index contributed by atoms with van der Waals surface area (Å²) >= 11 is 1.21. The lowest BCUT2D eigenvalue weighted by Crippen LogP contribution is -2.36. The Balaban J connectivity index is 1.44. The Morgan fingerprint density at radius 1 is 1.13 bits per heavy atom. The molecular weight excluding hydrogens is 412 g/mol. The highest BCUT2D eigenvalue weighted by Crippen LogP contribution is 2.33. The highest BCUT2D eigenvalue weighted by Gasteiger charge is 2.16. The van der Waals surface area contributed by atoms with E-state index in [0.717, 1.165) is 18.8 Å². The number of anilines is 2. The smallest absolute Gasteiger partial charge is 0.387 e. The van der Waals surface area contributed by atoms with Crippen molar-refractivity contribution in [3.05, 3.63) is 59.5 Å². The van der Waals surface area contributed by atoms with Crippen molar-refractivity contribution >= 4 is 28.1 Å². The second kappa shape index (κ2) is 9.19. The molecule has 30 heavy (non-hydrogen) atoms. The number of carbonyl (C=O) groups is 1. The van der Waals surface area contributed by atoms with E-state index in [2.05, 4.69) is 19.9 Å². The number of thiazole rings is 1. The Morgan fingerprint density at radius 3 is 2.60 bits per heavy atom. The average Bonchev–Trinajstić information content (AvgIpc) is 3.22. The van der Waals surface area contributed by atoms with Crippen LogP contribution >= 0.6 is 11.3 Å². The number of ether oxygens (including phenoxy) is 2. The van der Waals surface area contributed by atoms with Crippen molar-refractivity contribution in [2.45, 2.75) is 6.61 Å². The summed E-state index contributed by atoms with van der Waals surface area (Å²) in [6.07, 6.45) is 0. The maximum Gasteiger partial charge on any atom is 0.387 e. The number of nitrogens with one attached hydrogen (secondary N) is 1. The van der Waals surface area contributed by atoms with Crippen LogP contribution in [0.4, 0.5) is 19.6 Å². The molecule has 9 heteroatoms. The second-order valence-electron chi connectivity index (χ2n) is 6.51. The number of hydrogen-bond acceptors (Lipinski definition) is 6. The molecule has 0 bridgehead atoms. The third-order valence-electron chi connectivity index (χ3n) is 4.61. The van der Waals surface area contributed by atoms with E-state index >= 15 is 0 Å². The van der Waals surface area contributed by atoms with Crippen LogP contribution in [0.25, 0.3) is 11.3 Å². The normalized spacial score (nSPS) is 14.0. The topological polar surface area (TPSA) is 63.7 Å². The van der Waals surface area contributed by atoms with Gasteiger partial charge in [-0.1, -0.05) is 12.1 Å². The SMILES string of the molecule is O=C(Nc1nc(-c2ccccc2OC(F)F)cs1)c1ccc(N2CCOCC2)cc1. The van der Waals surface area contributed by atoms with Gasteiger partial charge in [-0.25, -0.2) is 4.98 Å². The van der Waals surface area contributed by atoms with E-state index in [0.29, 0.717) is 35.2 Å². The number of morpholine rings is 1. The van der Waals surface area contributed by atoms with Gasteiger partial charge in [-0.05, 0) is 36.4 Å². The van der Waals surface area contributed by atoms with E-state index in [9.17, 15) is 13.6 Å². The molecule has 1 amide bonds. The molecule has 0 saturated carbocycles. The summed E-state index contributed by atoms with van der Waals surface area (Å²) in [7, 11) is 0. The van der Waals surface area contributed by atoms with E-state index in [1.165, 1.54) is 17.4 Å². The van der Waals surface area contributed by atoms with Crippen molar-refractivity contribution in [2.75, 3.05) is 36.5 Å². The fraction of sp³-hybridized carbons (Fsp3) is 0.238. The summed E-state index contributed by atoms with van der Waals surface area (Å²) < 4.78 is 35.2. The zero-order chi connectivity index (χ0) is 20.9. The van der Waals surface area contributed by atoms with Gasteiger partial charge in [0.1, 0.15) is 5.75 Å². The maximum atomic E-state index is 12.6. The van der Waals surface area contributed by atoms with Crippen molar-refractivity contribution in [1.82, 2.24) is 4.98 Å². The average molecular weight is 431 g/mol. The highest BCUT2D eigenvalue weighted by molar-refractivity contribution is 7.14. The first-order valence-electron chi connectivity index (χ1n) is 9.34. The van der Waals surface area contributed by atoms with Crippen LogP contribution in [-0.4, -0.2) is 43.8 Å². The van der Waals surface area contributed by atoms with Gasteiger partial charge in [0.25, 0.3) is 5.91 Å². The molecule has 4 rings (SSSR count). The van der Waals surface area contributed by atoms with Crippen molar-refractivity contribution in [3.8, 4) is 17.0 Å². The Morgan fingerprint density at radius 2 is 1.87 bits per heavy atom. The number of amides is 1. The van der Waals surface area contributed by atoms with Gasteiger partial charge in [0.2, 0.25) is 0 Å². The number of halogens is 2. The number of aromatic nitrogens is 1. The lowest BCUT2D eigenvalue weighted by molar-refractivity contribution is -0.0494. The summed E-state index contributed by atoms with van der Waals surface area (Å²) in [4.78, 5) is 19.1. The van der Waals surface area contributed by atoms with Crippen LogP contribution in [-0.2, 0) is 4.74 Å². The molecule has 1 N–H and O–H groups in total. The van der Waals surface area contributed by atoms with Crippen molar-refractivity contribution in [2.24, 2.45) is 0 Å². The van der Waals surface area contributed by atoms with E-state index in [1.807, 2.05) is 12.1 Å². The minimum atomic E-state index is -2.93. The fourth-order valence-electron chi connectivity index (χ4n) is 3.15. The number of carbonyl (C=O) groups excluding carboxylic acids is 1. The quantitative estimate of drug-likeness (QED) is 0.623. The van der Waals surface area contributed by atoms with Gasteiger partial charge in [-0.2, -0.15) is 8.78 Å². The number of alkyl halides is 2. The fourth-order valence-corrected chi connectivity index (χ4v) is 3.85. The van der Waals surface area contributed by atoms with Gasteiger partial charge in [-0.15, -0.1) is 11.3 Å². The van der Waals surface area contributed by atoms with E-state index in [-0.39, 0.29) is 11.7 Å². The van der Waals surface area contributed by atoms with Gasteiger partial charge in [0.05, 0.1) is 18.9 Å². The monoisotopic (exact) mass is 431 g/mol. The summed E-state index contributed by atoms with van der Waals surface area (Å²) in [6.45, 7) is 0.110. The zero-order valence-corrected chi connectivity index (χ0v) is 16.7. The van der Waals surface area contributed by atoms with Crippen LogP contribution in [0, 0.1) is 0 Å². The standard InChI is InChI=1S/C21H19F2N3O3S/c22-20(23)29-18-4-2-1-3-16(18)17-13-30-21(24-17)25-19(27)14-5-7-15(8-6-14)26-9-11-28-12-10-26/h1-8,13,20H,9-12H2,(H,24,25,27). The van der Waals surface area contributed by atoms with E-state index in [1.54, 1.807) is 35.7 Å². The van der Waals surface area contributed by atoms with Crippen molar-refractivity contribution in [3.63, 3.8) is 0 Å². The molecule has 1 saturated heterocycles. The van der Waals surface area contributed by atoms with E-state index < -0.39 is 6.61 Å².